The molecule has 1 saturated heterocycles. The summed E-state index contributed by atoms with van der Waals surface area (Å²) in [5, 5.41) is 3.89. The Morgan fingerprint density at radius 1 is 1.41 bits per heavy atom. The van der Waals surface area contributed by atoms with E-state index in [1.807, 2.05) is 24.3 Å². The summed E-state index contributed by atoms with van der Waals surface area (Å²) in [7, 11) is 0. The molecule has 22 heavy (non-hydrogen) atoms. The molecular formula is C16H25ClIN3O. The van der Waals surface area contributed by atoms with Gasteiger partial charge in [0.1, 0.15) is 0 Å². The molecule has 0 saturated carbocycles. The summed E-state index contributed by atoms with van der Waals surface area (Å²) in [6, 6.07) is 7.88. The van der Waals surface area contributed by atoms with Gasteiger partial charge in [-0.1, -0.05) is 37.6 Å². The van der Waals surface area contributed by atoms with Gasteiger partial charge in [-0.15, -0.1) is 24.0 Å². The second kappa shape index (κ2) is 8.93. The molecule has 0 bridgehead atoms. The monoisotopic (exact) mass is 437 g/mol. The molecule has 0 radical (unpaired) electrons. The first-order valence-corrected chi connectivity index (χ1v) is 7.76. The van der Waals surface area contributed by atoms with E-state index in [1.165, 1.54) is 5.56 Å². The predicted octanol–water partition coefficient (Wildman–Crippen LogP) is 3.32. The van der Waals surface area contributed by atoms with Gasteiger partial charge < -0.3 is 15.8 Å². The molecule has 0 spiro atoms. The maximum Gasteiger partial charge on any atom is 0.188 e. The Kier molecular flexibility index (Phi) is 7.93. The summed E-state index contributed by atoms with van der Waals surface area (Å²) in [6.07, 6.45) is 2.49. The van der Waals surface area contributed by atoms with Crippen molar-refractivity contribution in [1.82, 2.24) is 5.32 Å². The zero-order chi connectivity index (χ0) is 15.3. The summed E-state index contributed by atoms with van der Waals surface area (Å²) in [5.41, 5.74) is 7.04. The highest BCUT2D eigenvalue weighted by Gasteiger charge is 2.20. The maximum atomic E-state index is 5.92. The number of halogens is 2. The summed E-state index contributed by atoms with van der Waals surface area (Å²) >= 11 is 5.92. The van der Waals surface area contributed by atoms with E-state index in [0.717, 1.165) is 31.0 Å². The number of benzene rings is 1. The lowest BCUT2D eigenvalue weighted by Crippen LogP contribution is -2.38. The summed E-state index contributed by atoms with van der Waals surface area (Å²) in [6.45, 7) is 6.50. The van der Waals surface area contributed by atoms with Gasteiger partial charge in [0.25, 0.3) is 0 Å². The van der Waals surface area contributed by atoms with Crippen LogP contribution in [0.3, 0.4) is 0 Å². The van der Waals surface area contributed by atoms with Crippen molar-refractivity contribution < 1.29 is 4.74 Å². The van der Waals surface area contributed by atoms with Crippen molar-refractivity contribution >= 4 is 41.5 Å². The Balaban J connectivity index is 0.00000242. The molecule has 1 unspecified atom stereocenters. The number of nitrogens with zero attached hydrogens (tertiary/aromatic N) is 1. The Morgan fingerprint density at radius 2 is 2.09 bits per heavy atom. The van der Waals surface area contributed by atoms with E-state index in [0.29, 0.717) is 12.5 Å². The van der Waals surface area contributed by atoms with Crippen molar-refractivity contribution in [2.24, 2.45) is 10.7 Å². The van der Waals surface area contributed by atoms with Crippen LogP contribution in [0.4, 0.5) is 0 Å². The minimum atomic E-state index is -0.0826. The summed E-state index contributed by atoms with van der Waals surface area (Å²) in [5.74, 6) is 0.479. The van der Waals surface area contributed by atoms with Gasteiger partial charge in [-0.3, -0.25) is 4.99 Å². The van der Waals surface area contributed by atoms with E-state index in [-0.39, 0.29) is 35.5 Å². The Hall–Kier alpha value is -0.530. The lowest BCUT2D eigenvalue weighted by atomic mass is 9.85. The van der Waals surface area contributed by atoms with E-state index in [1.54, 1.807) is 0 Å². The smallest absolute Gasteiger partial charge is 0.188 e. The van der Waals surface area contributed by atoms with Crippen LogP contribution in [-0.4, -0.2) is 31.8 Å². The summed E-state index contributed by atoms with van der Waals surface area (Å²) < 4.78 is 5.54. The van der Waals surface area contributed by atoms with Gasteiger partial charge >= 0.3 is 0 Å². The van der Waals surface area contributed by atoms with E-state index < -0.39 is 0 Å². The molecule has 6 heteroatoms. The third-order valence-corrected chi connectivity index (χ3v) is 4.06. The van der Waals surface area contributed by atoms with Crippen LogP contribution in [0.15, 0.2) is 29.3 Å². The number of rotatable bonds is 5. The molecule has 1 aliphatic heterocycles. The molecular weight excluding hydrogens is 413 g/mol. The highest BCUT2D eigenvalue weighted by atomic mass is 127. The topological polar surface area (TPSA) is 59.6 Å². The fourth-order valence-electron chi connectivity index (χ4n) is 2.35. The maximum absolute atomic E-state index is 5.92. The molecule has 1 aliphatic rings. The van der Waals surface area contributed by atoms with Gasteiger partial charge in [0, 0.05) is 23.6 Å². The largest absolute Gasteiger partial charge is 0.376 e. The van der Waals surface area contributed by atoms with Crippen molar-refractivity contribution in [2.75, 3.05) is 19.7 Å². The van der Waals surface area contributed by atoms with Crippen LogP contribution in [0.5, 0.6) is 0 Å². The third kappa shape index (κ3) is 5.93. The molecule has 1 fully saturated rings. The summed E-state index contributed by atoms with van der Waals surface area (Å²) in [4.78, 5) is 4.45. The molecule has 1 aromatic carbocycles. The number of guanidine groups is 1. The number of nitrogens with two attached hydrogens (primary N) is 1. The number of nitrogens with one attached hydrogen (secondary N) is 1. The zero-order valence-electron chi connectivity index (χ0n) is 13.1. The van der Waals surface area contributed by atoms with Gasteiger partial charge in [0.15, 0.2) is 5.96 Å². The van der Waals surface area contributed by atoms with Crippen LogP contribution in [0, 0.1) is 0 Å². The molecule has 1 heterocycles. The van der Waals surface area contributed by atoms with Crippen molar-refractivity contribution in [3.05, 3.63) is 34.9 Å². The average Bonchev–Trinajstić information content (AvgIpc) is 2.97. The second-order valence-corrected chi connectivity index (χ2v) is 6.54. The average molecular weight is 438 g/mol. The quantitative estimate of drug-likeness (QED) is 0.422. The lowest BCUT2D eigenvalue weighted by Gasteiger charge is -2.23. The van der Waals surface area contributed by atoms with Crippen molar-refractivity contribution in [1.29, 1.82) is 0 Å². The molecule has 4 nitrogen and oxygen atoms in total. The van der Waals surface area contributed by atoms with E-state index in [2.05, 4.69) is 24.2 Å². The van der Waals surface area contributed by atoms with E-state index >= 15 is 0 Å². The van der Waals surface area contributed by atoms with Gasteiger partial charge in [0.2, 0.25) is 0 Å². The normalized spacial score (nSPS) is 18.9. The van der Waals surface area contributed by atoms with Crippen molar-refractivity contribution in [3.8, 4) is 0 Å². The van der Waals surface area contributed by atoms with Gasteiger partial charge in [-0.05, 0) is 30.5 Å². The Labute approximate surface area is 154 Å². The van der Waals surface area contributed by atoms with Crippen LogP contribution in [0.25, 0.3) is 0 Å². The Morgan fingerprint density at radius 3 is 2.68 bits per heavy atom. The first-order chi connectivity index (χ1) is 9.97. The van der Waals surface area contributed by atoms with Crippen LogP contribution < -0.4 is 11.1 Å². The number of hydrogen-bond donors (Lipinski definition) is 2. The first kappa shape index (κ1) is 19.5. The molecule has 3 N–H and O–H groups in total. The fraction of sp³-hybridized carbons (Fsp3) is 0.562. The van der Waals surface area contributed by atoms with Crippen LogP contribution >= 0.6 is 35.6 Å². The van der Waals surface area contributed by atoms with Crippen LogP contribution in [0.1, 0.15) is 32.3 Å². The molecule has 2 rings (SSSR count). The van der Waals surface area contributed by atoms with Crippen LogP contribution in [-0.2, 0) is 10.2 Å². The minimum absolute atomic E-state index is 0. The van der Waals surface area contributed by atoms with E-state index in [4.69, 9.17) is 22.1 Å². The molecule has 1 atom stereocenters. The number of aliphatic imine (C=N–C) groups is 1. The van der Waals surface area contributed by atoms with Crippen molar-refractivity contribution in [3.63, 3.8) is 0 Å². The molecule has 0 aliphatic carbocycles. The van der Waals surface area contributed by atoms with Crippen LogP contribution in [0.2, 0.25) is 5.02 Å². The van der Waals surface area contributed by atoms with Gasteiger partial charge in [-0.25, -0.2) is 0 Å². The fourth-order valence-corrected chi connectivity index (χ4v) is 2.48. The first-order valence-electron chi connectivity index (χ1n) is 7.39. The molecule has 124 valence electrons. The molecule has 1 aromatic rings. The van der Waals surface area contributed by atoms with Gasteiger partial charge in [-0.2, -0.15) is 0 Å². The zero-order valence-corrected chi connectivity index (χ0v) is 16.2. The molecule has 0 amide bonds. The number of hydrogen-bond acceptors (Lipinski definition) is 2. The minimum Gasteiger partial charge on any atom is -0.376 e. The van der Waals surface area contributed by atoms with Gasteiger partial charge in [0.05, 0.1) is 12.6 Å². The van der Waals surface area contributed by atoms with Crippen molar-refractivity contribution in [2.45, 2.75) is 38.2 Å². The second-order valence-electron chi connectivity index (χ2n) is 6.11. The number of ether oxygens (including phenoxy) is 1. The Bertz CT molecular complexity index is 485. The van der Waals surface area contributed by atoms with E-state index in [9.17, 15) is 0 Å². The SMILES string of the molecule is CC(C)(CN=C(N)NCC1CCCO1)c1ccc(Cl)cc1.I. The molecule has 0 aromatic heterocycles. The predicted molar refractivity (Wildman–Crippen MR) is 103 cm³/mol. The highest BCUT2D eigenvalue weighted by molar-refractivity contribution is 14.0. The lowest BCUT2D eigenvalue weighted by molar-refractivity contribution is 0.114. The highest BCUT2D eigenvalue weighted by Crippen LogP contribution is 2.24. The standard InChI is InChI=1S/C16H24ClN3O.HI/c1-16(2,12-5-7-13(17)8-6-12)11-20-15(18)19-10-14-4-3-9-21-14;/h5-8,14H,3-4,9-11H2,1-2H3,(H3,18,19,20);1H. The third-order valence-electron chi connectivity index (χ3n) is 3.81.